The van der Waals surface area contributed by atoms with Crippen LogP contribution >= 0.6 is 0 Å². The van der Waals surface area contributed by atoms with Gasteiger partial charge < -0.3 is 20.4 Å². The van der Waals surface area contributed by atoms with Gasteiger partial charge in [0.15, 0.2) is 0 Å². The van der Waals surface area contributed by atoms with Crippen molar-refractivity contribution in [3.63, 3.8) is 0 Å². The fraction of sp³-hybridized carbons (Fsp3) is 0.773. The Morgan fingerprint density at radius 2 is 1.85 bits per heavy atom. The lowest BCUT2D eigenvalue weighted by Crippen LogP contribution is -2.20. The number of aliphatic hydroxyl groups excluding tert-OH is 3. The smallest absolute Gasteiger partial charge is 0.303 e. The third-order valence-corrected chi connectivity index (χ3v) is 5.41. The van der Waals surface area contributed by atoms with E-state index in [4.69, 9.17) is 5.11 Å². The van der Waals surface area contributed by atoms with E-state index in [0.717, 1.165) is 44.9 Å². The van der Waals surface area contributed by atoms with Crippen LogP contribution in [0.1, 0.15) is 77.6 Å². The van der Waals surface area contributed by atoms with E-state index >= 15 is 0 Å². The minimum atomic E-state index is -0.742. The molecule has 0 aromatic rings. The van der Waals surface area contributed by atoms with E-state index in [9.17, 15) is 20.1 Å². The summed E-state index contributed by atoms with van der Waals surface area (Å²) in [5.41, 5.74) is 0. The summed E-state index contributed by atoms with van der Waals surface area (Å²) in [4.78, 5) is 10.5. The number of unbranched alkanes of at least 4 members (excludes halogenated alkanes) is 5. The lowest BCUT2D eigenvalue weighted by atomic mass is 9.89. The second-order valence-corrected chi connectivity index (χ2v) is 7.76. The molecule has 0 saturated heterocycles. The van der Waals surface area contributed by atoms with Gasteiger partial charge in [-0.2, -0.15) is 0 Å². The summed E-state index contributed by atoms with van der Waals surface area (Å²) in [7, 11) is 0. The number of carboxylic acid groups (broad SMARTS) is 1. The van der Waals surface area contributed by atoms with Gasteiger partial charge in [-0.25, -0.2) is 0 Å². The molecule has 0 heterocycles. The molecule has 5 atom stereocenters. The number of aliphatic carboxylic acids is 1. The molecule has 1 fully saturated rings. The number of carboxylic acids is 1. The predicted octanol–water partition coefficient (Wildman–Crippen LogP) is 3.82. The lowest BCUT2D eigenvalue weighted by molar-refractivity contribution is -0.137. The van der Waals surface area contributed by atoms with Gasteiger partial charge in [-0.3, -0.25) is 4.79 Å². The summed E-state index contributed by atoms with van der Waals surface area (Å²) < 4.78 is 0. The zero-order chi connectivity index (χ0) is 20.1. The van der Waals surface area contributed by atoms with Crippen molar-refractivity contribution in [2.45, 2.75) is 95.9 Å². The first-order chi connectivity index (χ1) is 13.0. The van der Waals surface area contributed by atoms with Crippen LogP contribution in [0, 0.1) is 11.8 Å². The second kappa shape index (κ2) is 13.9. The molecule has 4 N–H and O–H groups in total. The summed E-state index contributed by atoms with van der Waals surface area (Å²) in [6, 6.07) is 0. The summed E-state index contributed by atoms with van der Waals surface area (Å²) in [6.07, 6.45) is 15.0. The predicted molar refractivity (Wildman–Crippen MR) is 107 cm³/mol. The van der Waals surface area contributed by atoms with Crippen molar-refractivity contribution in [3.05, 3.63) is 24.3 Å². The standard InChI is InChI=1S/C22H38O5/c1-2-3-8-11-17(23)14-15-19-18(20(24)16-21(19)25)12-9-6-4-5-7-10-13-22(26)27/h6,9,14-15,17-21,23-25H,2-5,7-8,10-13,16H2,1H3,(H,26,27)/b9-6-,15-14+/t17-,18+,19-,20-,21+/m1/s1. The number of allylic oxidation sites excluding steroid dienone is 2. The maximum Gasteiger partial charge on any atom is 0.303 e. The molecular weight excluding hydrogens is 344 g/mol. The van der Waals surface area contributed by atoms with E-state index in [1.165, 1.54) is 0 Å². The van der Waals surface area contributed by atoms with E-state index in [1.54, 1.807) is 6.08 Å². The molecule has 0 radical (unpaired) electrons. The highest BCUT2D eigenvalue weighted by Crippen LogP contribution is 2.36. The Morgan fingerprint density at radius 1 is 1.07 bits per heavy atom. The van der Waals surface area contributed by atoms with Crippen LogP contribution in [0.5, 0.6) is 0 Å². The number of rotatable bonds is 14. The van der Waals surface area contributed by atoms with Gasteiger partial charge >= 0.3 is 5.97 Å². The molecule has 0 amide bonds. The van der Waals surface area contributed by atoms with Crippen LogP contribution in [0.4, 0.5) is 0 Å². The first-order valence-electron chi connectivity index (χ1n) is 10.5. The van der Waals surface area contributed by atoms with Gasteiger partial charge in [0.25, 0.3) is 0 Å². The first kappa shape index (κ1) is 23.9. The van der Waals surface area contributed by atoms with Crippen molar-refractivity contribution < 1.29 is 25.2 Å². The number of carbonyl (C=O) groups is 1. The van der Waals surface area contributed by atoms with Gasteiger partial charge in [0, 0.05) is 18.8 Å². The molecule has 5 nitrogen and oxygen atoms in total. The van der Waals surface area contributed by atoms with E-state index in [2.05, 4.69) is 19.1 Å². The topological polar surface area (TPSA) is 98.0 Å². The summed E-state index contributed by atoms with van der Waals surface area (Å²) in [6.45, 7) is 2.13. The van der Waals surface area contributed by atoms with Crippen molar-refractivity contribution in [2.24, 2.45) is 11.8 Å². The Balaban J connectivity index is 2.37. The van der Waals surface area contributed by atoms with Crippen LogP contribution in [0.3, 0.4) is 0 Å². The Hall–Kier alpha value is -1.17. The molecule has 0 spiro atoms. The SMILES string of the molecule is CCCCC[C@@H](O)/C=C/[C@@H]1[C@H](C/C=C\CCCCCC(=O)O)[C@H](O)C[C@@H]1O. The highest BCUT2D eigenvalue weighted by molar-refractivity contribution is 5.66. The zero-order valence-electron chi connectivity index (χ0n) is 16.7. The maximum atomic E-state index is 10.5. The molecule has 0 aromatic carbocycles. The normalized spacial score (nSPS) is 27.0. The molecule has 1 aliphatic rings. The molecule has 0 aromatic heterocycles. The largest absolute Gasteiger partial charge is 0.481 e. The molecule has 5 heteroatoms. The van der Waals surface area contributed by atoms with Gasteiger partial charge in [0.2, 0.25) is 0 Å². The van der Waals surface area contributed by atoms with Crippen LogP contribution in [0.25, 0.3) is 0 Å². The van der Waals surface area contributed by atoms with Crippen LogP contribution in [0.15, 0.2) is 24.3 Å². The van der Waals surface area contributed by atoms with Crippen molar-refractivity contribution in [3.8, 4) is 0 Å². The molecule has 1 aliphatic carbocycles. The van der Waals surface area contributed by atoms with E-state index < -0.39 is 24.3 Å². The zero-order valence-corrected chi connectivity index (χ0v) is 16.7. The van der Waals surface area contributed by atoms with Crippen LogP contribution in [0.2, 0.25) is 0 Å². The molecule has 1 saturated carbocycles. The van der Waals surface area contributed by atoms with Gasteiger partial charge in [0.05, 0.1) is 18.3 Å². The fourth-order valence-electron chi connectivity index (χ4n) is 3.75. The molecule has 0 aliphatic heterocycles. The van der Waals surface area contributed by atoms with Crippen molar-refractivity contribution in [1.29, 1.82) is 0 Å². The average molecular weight is 383 g/mol. The summed E-state index contributed by atoms with van der Waals surface area (Å²) >= 11 is 0. The van der Waals surface area contributed by atoms with E-state index in [1.807, 2.05) is 6.08 Å². The molecular formula is C22H38O5. The molecule has 1 rings (SSSR count). The van der Waals surface area contributed by atoms with Crippen molar-refractivity contribution in [2.75, 3.05) is 0 Å². The summed E-state index contributed by atoms with van der Waals surface area (Å²) in [5, 5.41) is 39.1. The average Bonchev–Trinajstić information content (AvgIpc) is 2.88. The third-order valence-electron chi connectivity index (χ3n) is 5.41. The minimum Gasteiger partial charge on any atom is -0.481 e. The molecule has 27 heavy (non-hydrogen) atoms. The van der Waals surface area contributed by atoms with Crippen LogP contribution in [-0.2, 0) is 4.79 Å². The Kier molecular flexibility index (Phi) is 12.3. The van der Waals surface area contributed by atoms with Gasteiger partial charge in [-0.1, -0.05) is 56.9 Å². The van der Waals surface area contributed by atoms with Crippen LogP contribution < -0.4 is 0 Å². The molecule has 156 valence electrons. The second-order valence-electron chi connectivity index (χ2n) is 7.76. The molecule has 0 bridgehead atoms. The number of hydrogen-bond acceptors (Lipinski definition) is 4. The minimum absolute atomic E-state index is 0.0256. The fourth-order valence-corrected chi connectivity index (χ4v) is 3.75. The monoisotopic (exact) mass is 382 g/mol. The van der Waals surface area contributed by atoms with Gasteiger partial charge in [0.1, 0.15) is 0 Å². The number of hydrogen-bond donors (Lipinski definition) is 4. The maximum absolute atomic E-state index is 10.5. The first-order valence-corrected chi connectivity index (χ1v) is 10.5. The highest BCUT2D eigenvalue weighted by Gasteiger charge is 2.39. The quantitative estimate of drug-likeness (QED) is 0.270. The van der Waals surface area contributed by atoms with Gasteiger partial charge in [-0.15, -0.1) is 0 Å². The molecule has 0 unspecified atom stereocenters. The Morgan fingerprint density at radius 3 is 2.56 bits per heavy atom. The van der Waals surface area contributed by atoms with Gasteiger partial charge in [-0.05, 0) is 38.0 Å². The lowest BCUT2D eigenvalue weighted by Gasteiger charge is -2.19. The third kappa shape index (κ3) is 10.1. The van der Waals surface area contributed by atoms with E-state index in [-0.39, 0.29) is 18.3 Å². The van der Waals surface area contributed by atoms with E-state index in [0.29, 0.717) is 19.3 Å². The van der Waals surface area contributed by atoms with Crippen molar-refractivity contribution >= 4 is 5.97 Å². The van der Waals surface area contributed by atoms with Crippen LogP contribution in [-0.4, -0.2) is 44.7 Å². The highest BCUT2D eigenvalue weighted by atomic mass is 16.4. The number of aliphatic hydroxyl groups is 3. The summed E-state index contributed by atoms with van der Waals surface area (Å²) in [5.74, 6) is -0.891. The Labute approximate surface area is 163 Å². The van der Waals surface area contributed by atoms with Crippen molar-refractivity contribution in [1.82, 2.24) is 0 Å². The Bertz CT molecular complexity index is 460.